The lowest BCUT2D eigenvalue weighted by molar-refractivity contribution is 0.621. The Hall–Kier alpha value is -0.560. The monoisotopic (exact) mass is 306 g/mol. The minimum Gasteiger partial charge on any atom is -0.206 e. The van der Waals surface area contributed by atoms with Crippen LogP contribution in [0.4, 0.5) is 4.39 Å². The molecule has 1 aromatic carbocycles. The van der Waals surface area contributed by atoms with E-state index in [2.05, 4.69) is 10.2 Å². The van der Waals surface area contributed by atoms with Crippen molar-refractivity contribution in [2.75, 3.05) is 0 Å². The lowest BCUT2D eigenvalue weighted by Gasteiger charge is -1.96. The molecule has 0 saturated carbocycles. The number of nitrogens with zero attached hydrogens (tertiary/aromatic N) is 2. The summed E-state index contributed by atoms with van der Waals surface area (Å²) in [6, 6.07) is 5.04. The predicted molar refractivity (Wildman–Crippen MR) is 58.0 cm³/mol. The maximum Gasteiger partial charge on any atom is 0.147 e. The molecule has 0 aliphatic rings. The van der Waals surface area contributed by atoms with Gasteiger partial charge in [0.2, 0.25) is 0 Å². The summed E-state index contributed by atoms with van der Waals surface area (Å²) in [5.41, 5.74) is 2.41. The molecule has 0 aliphatic heterocycles. The molecule has 2 rings (SSSR count). The SMILES string of the molecule is Fc1cc(-c2nncs2)ccc1I. The van der Waals surface area contributed by atoms with E-state index in [1.165, 1.54) is 17.4 Å². The van der Waals surface area contributed by atoms with E-state index in [4.69, 9.17) is 0 Å². The number of hydrogen-bond acceptors (Lipinski definition) is 3. The molecule has 2 aromatic rings. The summed E-state index contributed by atoms with van der Waals surface area (Å²) in [5.74, 6) is -0.215. The van der Waals surface area contributed by atoms with Crippen molar-refractivity contribution in [3.8, 4) is 10.6 Å². The lowest BCUT2D eigenvalue weighted by Crippen LogP contribution is -1.83. The standard InChI is InChI=1S/C8H4FIN2S/c9-6-3-5(1-2-7(6)10)8-12-11-4-13-8/h1-4H. The highest BCUT2D eigenvalue weighted by molar-refractivity contribution is 14.1. The van der Waals surface area contributed by atoms with Gasteiger partial charge in [-0.15, -0.1) is 10.2 Å². The van der Waals surface area contributed by atoms with Crippen LogP contribution in [0.2, 0.25) is 0 Å². The van der Waals surface area contributed by atoms with Crippen LogP contribution in [0.15, 0.2) is 23.7 Å². The highest BCUT2D eigenvalue weighted by atomic mass is 127. The topological polar surface area (TPSA) is 25.8 Å². The Labute approximate surface area is 92.0 Å². The second kappa shape index (κ2) is 3.67. The Morgan fingerprint density at radius 3 is 2.85 bits per heavy atom. The van der Waals surface area contributed by atoms with Crippen LogP contribution in [-0.4, -0.2) is 10.2 Å². The number of aromatic nitrogens is 2. The van der Waals surface area contributed by atoms with E-state index >= 15 is 0 Å². The Kier molecular flexibility index (Phi) is 2.54. The van der Waals surface area contributed by atoms with E-state index in [9.17, 15) is 4.39 Å². The van der Waals surface area contributed by atoms with Crippen molar-refractivity contribution in [1.29, 1.82) is 0 Å². The maximum atomic E-state index is 13.1. The molecule has 0 N–H and O–H groups in total. The average Bonchev–Trinajstić information content (AvgIpc) is 2.62. The molecule has 0 radical (unpaired) electrons. The highest BCUT2D eigenvalue weighted by Gasteiger charge is 2.04. The smallest absolute Gasteiger partial charge is 0.147 e. The Balaban J connectivity index is 2.49. The quantitative estimate of drug-likeness (QED) is 0.757. The number of halogens is 2. The van der Waals surface area contributed by atoms with Crippen molar-refractivity contribution in [2.24, 2.45) is 0 Å². The Bertz CT molecular complexity index is 416. The fraction of sp³-hybridized carbons (Fsp3) is 0. The third-order valence-electron chi connectivity index (χ3n) is 1.53. The molecule has 0 unspecified atom stereocenters. The molecule has 5 heteroatoms. The second-order valence-electron chi connectivity index (χ2n) is 2.37. The van der Waals surface area contributed by atoms with E-state index in [-0.39, 0.29) is 5.82 Å². The molecule has 0 bridgehead atoms. The van der Waals surface area contributed by atoms with Crippen LogP contribution in [0.1, 0.15) is 0 Å². The van der Waals surface area contributed by atoms with Crippen molar-refractivity contribution in [1.82, 2.24) is 10.2 Å². The van der Waals surface area contributed by atoms with Crippen LogP contribution in [0.25, 0.3) is 10.6 Å². The van der Waals surface area contributed by atoms with Gasteiger partial charge in [-0.25, -0.2) is 4.39 Å². The van der Waals surface area contributed by atoms with Crippen LogP contribution in [0.3, 0.4) is 0 Å². The van der Waals surface area contributed by atoms with Crippen molar-refractivity contribution in [2.45, 2.75) is 0 Å². The zero-order chi connectivity index (χ0) is 9.26. The van der Waals surface area contributed by atoms with Crippen molar-refractivity contribution in [3.05, 3.63) is 33.1 Å². The van der Waals surface area contributed by atoms with E-state index in [0.717, 1.165) is 10.6 Å². The molecule has 0 atom stereocenters. The van der Waals surface area contributed by atoms with E-state index in [1.807, 2.05) is 28.7 Å². The summed E-state index contributed by atoms with van der Waals surface area (Å²) in [6.45, 7) is 0. The Morgan fingerprint density at radius 1 is 1.38 bits per heavy atom. The molecule has 0 amide bonds. The molecular weight excluding hydrogens is 302 g/mol. The van der Waals surface area contributed by atoms with Gasteiger partial charge >= 0.3 is 0 Å². The van der Waals surface area contributed by atoms with Crippen molar-refractivity contribution < 1.29 is 4.39 Å². The second-order valence-corrected chi connectivity index (χ2v) is 4.37. The fourth-order valence-electron chi connectivity index (χ4n) is 0.928. The number of hydrogen-bond donors (Lipinski definition) is 0. The fourth-order valence-corrected chi connectivity index (χ4v) is 1.81. The molecule has 2 nitrogen and oxygen atoms in total. The van der Waals surface area contributed by atoms with Crippen LogP contribution < -0.4 is 0 Å². The van der Waals surface area contributed by atoms with Gasteiger partial charge < -0.3 is 0 Å². The zero-order valence-corrected chi connectivity index (χ0v) is 9.34. The first kappa shape index (κ1) is 9.01. The molecule has 66 valence electrons. The first-order valence-electron chi connectivity index (χ1n) is 3.49. The largest absolute Gasteiger partial charge is 0.206 e. The molecule has 0 fully saturated rings. The summed E-state index contributed by atoms with van der Waals surface area (Å²) in [6.07, 6.45) is 0. The van der Waals surface area contributed by atoms with Gasteiger partial charge in [0.25, 0.3) is 0 Å². The molecule has 0 aliphatic carbocycles. The van der Waals surface area contributed by atoms with E-state index in [1.54, 1.807) is 11.6 Å². The van der Waals surface area contributed by atoms with Crippen molar-refractivity contribution >= 4 is 33.9 Å². The molecule has 0 saturated heterocycles. The summed E-state index contributed by atoms with van der Waals surface area (Å²) >= 11 is 3.35. The zero-order valence-electron chi connectivity index (χ0n) is 6.37. The van der Waals surface area contributed by atoms with Gasteiger partial charge in [0.05, 0.1) is 0 Å². The molecule has 1 heterocycles. The molecule has 0 spiro atoms. The third kappa shape index (κ3) is 1.86. The molecule has 1 aromatic heterocycles. The third-order valence-corrected chi connectivity index (χ3v) is 3.14. The first-order chi connectivity index (χ1) is 6.27. The summed E-state index contributed by atoms with van der Waals surface area (Å²) < 4.78 is 13.7. The summed E-state index contributed by atoms with van der Waals surface area (Å²) in [5, 5.41) is 8.30. The predicted octanol–water partition coefficient (Wildman–Crippen LogP) is 2.95. The Morgan fingerprint density at radius 2 is 2.23 bits per heavy atom. The van der Waals surface area contributed by atoms with E-state index in [0.29, 0.717) is 3.57 Å². The summed E-state index contributed by atoms with van der Waals surface area (Å²) in [7, 11) is 0. The highest BCUT2D eigenvalue weighted by Crippen LogP contribution is 2.23. The van der Waals surface area contributed by atoms with Gasteiger partial charge in [-0.2, -0.15) is 0 Å². The number of benzene rings is 1. The van der Waals surface area contributed by atoms with Gasteiger partial charge in [-0.05, 0) is 34.7 Å². The van der Waals surface area contributed by atoms with Gasteiger partial charge in [0, 0.05) is 9.13 Å². The average molecular weight is 306 g/mol. The van der Waals surface area contributed by atoms with Gasteiger partial charge in [0.1, 0.15) is 16.3 Å². The lowest BCUT2D eigenvalue weighted by atomic mass is 10.2. The minimum absolute atomic E-state index is 0.215. The van der Waals surface area contributed by atoms with Gasteiger partial charge in [-0.1, -0.05) is 17.4 Å². The van der Waals surface area contributed by atoms with Gasteiger partial charge in [0.15, 0.2) is 0 Å². The van der Waals surface area contributed by atoms with Crippen molar-refractivity contribution in [3.63, 3.8) is 0 Å². The minimum atomic E-state index is -0.215. The summed E-state index contributed by atoms with van der Waals surface area (Å²) in [4.78, 5) is 0. The normalized spacial score (nSPS) is 10.3. The first-order valence-corrected chi connectivity index (χ1v) is 5.45. The van der Waals surface area contributed by atoms with Crippen LogP contribution in [-0.2, 0) is 0 Å². The van der Waals surface area contributed by atoms with Crippen LogP contribution in [0.5, 0.6) is 0 Å². The van der Waals surface area contributed by atoms with Crippen LogP contribution >= 0.6 is 33.9 Å². The maximum absolute atomic E-state index is 13.1. The number of rotatable bonds is 1. The van der Waals surface area contributed by atoms with Crippen LogP contribution in [0, 0.1) is 9.39 Å². The molecular formula is C8H4FIN2S. The van der Waals surface area contributed by atoms with E-state index < -0.39 is 0 Å². The molecule has 13 heavy (non-hydrogen) atoms. The van der Waals surface area contributed by atoms with Gasteiger partial charge in [-0.3, -0.25) is 0 Å².